The SMILES string of the molecule is CCOc1ccc(NC(=O)C(CC)Oc2ccccc2)cc1S(=O)(=O)N(CC)CC. The van der Waals surface area contributed by atoms with E-state index in [0.29, 0.717) is 37.6 Å². The molecule has 1 N–H and O–H groups in total. The van der Waals surface area contributed by atoms with Gasteiger partial charge in [0.05, 0.1) is 6.61 Å². The Bertz CT molecular complexity index is 928. The highest BCUT2D eigenvalue weighted by atomic mass is 32.2. The summed E-state index contributed by atoms with van der Waals surface area (Å²) in [5.41, 5.74) is 0.365. The van der Waals surface area contributed by atoms with E-state index in [2.05, 4.69) is 5.32 Å². The number of anilines is 1. The van der Waals surface area contributed by atoms with Crippen molar-refractivity contribution in [3.63, 3.8) is 0 Å². The average molecular weight is 435 g/mol. The van der Waals surface area contributed by atoms with Gasteiger partial charge in [-0.3, -0.25) is 4.79 Å². The predicted octanol–water partition coefficient (Wildman–Crippen LogP) is 3.91. The van der Waals surface area contributed by atoms with Crippen LogP contribution in [0, 0.1) is 0 Å². The van der Waals surface area contributed by atoms with Crippen LogP contribution in [0.1, 0.15) is 34.1 Å². The summed E-state index contributed by atoms with van der Waals surface area (Å²) in [4.78, 5) is 12.8. The van der Waals surface area contributed by atoms with Crippen LogP contribution >= 0.6 is 0 Å². The minimum atomic E-state index is -3.76. The molecule has 0 heterocycles. The van der Waals surface area contributed by atoms with Crippen molar-refractivity contribution in [3.05, 3.63) is 48.5 Å². The smallest absolute Gasteiger partial charge is 0.265 e. The van der Waals surface area contributed by atoms with Gasteiger partial charge >= 0.3 is 0 Å². The van der Waals surface area contributed by atoms with Gasteiger partial charge in [-0.15, -0.1) is 0 Å². The Morgan fingerprint density at radius 3 is 2.27 bits per heavy atom. The fraction of sp³-hybridized carbons (Fsp3) is 0.409. The highest BCUT2D eigenvalue weighted by molar-refractivity contribution is 7.89. The van der Waals surface area contributed by atoms with Crippen LogP contribution in [0.4, 0.5) is 5.69 Å². The topological polar surface area (TPSA) is 84.9 Å². The van der Waals surface area contributed by atoms with E-state index >= 15 is 0 Å². The molecule has 0 aliphatic carbocycles. The number of hydrogen-bond acceptors (Lipinski definition) is 5. The van der Waals surface area contributed by atoms with Crippen LogP contribution in [0.25, 0.3) is 0 Å². The highest BCUT2D eigenvalue weighted by Crippen LogP contribution is 2.30. The van der Waals surface area contributed by atoms with Crippen molar-refractivity contribution in [1.29, 1.82) is 0 Å². The molecule has 30 heavy (non-hydrogen) atoms. The van der Waals surface area contributed by atoms with Crippen LogP contribution < -0.4 is 14.8 Å². The number of nitrogens with zero attached hydrogens (tertiary/aromatic N) is 1. The van der Waals surface area contributed by atoms with E-state index in [0.717, 1.165) is 0 Å². The first-order valence-corrected chi connectivity index (χ1v) is 11.6. The molecule has 164 valence electrons. The quantitative estimate of drug-likeness (QED) is 0.580. The van der Waals surface area contributed by atoms with E-state index in [-0.39, 0.29) is 16.6 Å². The Kier molecular flexibility index (Phi) is 8.68. The molecule has 2 rings (SSSR count). The van der Waals surface area contributed by atoms with Crippen molar-refractivity contribution in [2.45, 2.75) is 45.1 Å². The molecule has 1 atom stereocenters. The summed E-state index contributed by atoms with van der Waals surface area (Å²) >= 11 is 0. The summed E-state index contributed by atoms with van der Waals surface area (Å²) < 4.78 is 38.8. The van der Waals surface area contributed by atoms with Gasteiger partial charge in [-0.25, -0.2) is 8.42 Å². The Labute approximate surface area is 179 Å². The minimum absolute atomic E-state index is 0.0304. The summed E-state index contributed by atoms with van der Waals surface area (Å²) in [5, 5.41) is 2.77. The van der Waals surface area contributed by atoms with E-state index in [1.165, 1.54) is 10.4 Å². The van der Waals surface area contributed by atoms with Crippen LogP contribution in [0.2, 0.25) is 0 Å². The van der Waals surface area contributed by atoms with Gasteiger partial charge in [0.15, 0.2) is 6.10 Å². The standard InChI is InChI=1S/C22H30N2O5S/c1-5-19(29-18-12-10-9-11-13-18)22(25)23-17-14-15-20(28-8-4)21(16-17)30(26,27)24(6-2)7-3/h9-16,19H,5-8H2,1-4H3,(H,23,25). The van der Waals surface area contributed by atoms with E-state index in [9.17, 15) is 13.2 Å². The molecule has 0 fully saturated rings. The summed E-state index contributed by atoms with van der Waals surface area (Å²) in [7, 11) is -3.76. The third-order valence-corrected chi connectivity index (χ3v) is 6.59. The monoisotopic (exact) mass is 434 g/mol. The maximum Gasteiger partial charge on any atom is 0.265 e. The van der Waals surface area contributed by atoms with Crippen molar-refractivity contribution in [2.24, 2.45) is 0 Å². The predicted molar refractivity (Wildman–Crippen MR) is 117 cm³/mol. The number of sulfonamides is 1. The maximum atomic E-state index is 13.1. The number of amides is 1. The number of para-hydroxylation sites is 1. The number of rotatable bonds is 11. The van der Waals surface area contributed by atoms with Gasteiger partial charge in [0.2, 0.25) is 10.0 Å². The van der Waals surface area contributed by atoms with Gasteiger partial charge in [0.1, 0.15) is 16.4 Å². The number of benzene rings is 2. The van der Waals surface area contributed by atoms with E-state index < -0.39 is 16.1 Å². The van der Waals surface area contributed by atoms with Crippen molar-refractivity contribution in [2.75, 3.05) is 25.0 Å². The van der Waals surface area contributed by atoms with Crippen molar-refractivity contribution >= 4 is 21.6 Å². The molecule has 0 bridgehead atoms. The second kappa shape index (κ2) is 11.0. The molecule has 0 aliphatic rings. The van der Waals surface area contributed by atoms with E-state index in [1.807, 2.05) is 25.1 Å². The lowest BCUT2D eigenvalue weighted by atomic mass is 10.2. The van der Waals surface area contributed by atoms with Gasteiger partial charge in [-0.2, -0.15) is 4.31 Å². The minimum Gasteiger partial charge on any atom is -0.492 e. The van der Waals surface area contributed by atoms with Crippen LogP contribution in [0.15, 0.2) is 53.4 Å². The average Bonchev–Trinajstić information content (AvgIpc) is 2.74. The van der Waals surface area contributed by atoms with Gasteiger partial charge in [0.25, 0.3) is 5.91 Å². The zero-order valence-corrected chi connectivity index (χ0v) is 18.7. The highest BCUT2D eigenvalue weighted by Gasteiger charge is 2.27. The van der Waals surface area contributed by atoms with E-state index in [4.69, 9.17) is 9.47 Å². The third kappa shape index (κ3) is 5.73. The normalized spacial score (nSPS) is 12.4. The lowest BCUT2D eigenvalue weighted by Crippen LogP contribution is -2.33. The molecular weight excluding hydrogens is 404 g/mol. The number of hydrogen-bond donors (Lipinski definition) is 1. The van der Waals surface area contributed by atoms with Crippen molar-refractivity contribution in [3.8, 4) is 11.5 Å². The van der Waals surface area contributed by atoms with Crippen LogP contribution in [0.3, 0.4) is 0 Å². The molecule has 0 saturated carbocycles. The largest absolute Gasteiger partial charge is 0.492 e. The molecule has 0 saturated heterocycles. The van der Waals surface area contributed by atoms with Crippen LogP contribution in [0.5, 0.6) is 11.5 Å². The molecule has 1 unspecified atom stereocenters. The summed E-state index contributed by atoms with van der Waals surface area (Å²) in [6.45, 7) is 8.19. The lowest BCUT2D eigenvalue weighted by Gasteiger charge is -2.21. The molecule has 1 amide bonds. The lowest BCUT2D eigenvalue weighted by molar-refractivity contribution is -0.122. The summed E-state index contributed by atoms with van der Waals surface area (Å²) in [6.07, 6.45) is -0.246. The first-order valence-electron chi connectivity index (χ1n) is 10.2. The number of ether oxygens (including phenoxy) is 2. The zero-order chi connectivity index (χ0) is 22.1. The number of carbonyl (C=O) groups excluding carboxylic acids is 1. The molecule has 0 aromatic heterocycles. The summed E-state index contributed by atoms with van der Waals surface area (Å²) in [6, 6.07) is 13.7. The molecule has 0 spiro atoms. The summed E-state index contributed by atoms with van der Waals surface area (Å²) in [5.74, 6) is 0.502. The fourth-order valence-corrected chi connectivity index (χ4v) is 4.59. The van der Waals surface area contributed by atoms with Crippen molar-refractivity contribution in [1.82, 2.24) is 4.31 Å². The molecule has 2 aromatic rings. The fourth-order valence-electron chi connectivity index (χ4n) is 2.97. The van der Waals surface area contributed by atoms with Crippen molar-refractivity contribution < 1.29 is 22.7 Å². The molecule has 7 nitrogen and oxygen atoms in total. The Morgan fingerprint density at radius 1 is 1.03 bits per heavy atom. The van der Waals surface area contributed by atoms with Crippen LogP contribution in [-0.4, -0.2) is 44.4 Å². The first kappa shape index (κ1) is 23.7. The van der Waals surface area contributed by atoms with Gasteiger partial charge in [0, 0.05) is 18.8 Å². The second-order valence-corrected chi connectivity index (χ2v) is 8.41. The Morgan fingerprint density at radius 2 is 1.70 bits per heavy atom. The molecule has 0 radical (unpaired) electrons. The van der Waals surface area contributed by atoms with Crippen LogP contribution in [-0.2, 0) is 14.8 Å². The molecule has 0 aliphatic heterocycles. The van der Waals surface area contributed by atoms with Gasteiger partial charge < -0.3 is 14.8 Å². The maximum absolute atomic E-state index is 13.1. The Hall–Kier alpha value is -2.58. The second-order valence-electron chi connectivity index (χ2n) is 6.50. The molecular formula is C22H30N2O5S. The van der Waals surface area contributed by atoms with E-state index in [1.54, 1.807) is 45.0 Å². The first-order chi connectivity index (χ1) is 14.4. The molecule has 2 aromatic carbocycles. The number of carbonyl (C=O) groups is 1. The van der Waals surface area contributed by atoms with Gasteiger partial charge in [-0.05, 0) is 43.7 Å². The van der Waals surface area contributed by atoms with Gasteiger partial charge in [-0.1, -0.05) is 39.0 Å². The zero-order valence-electron chi connectivity index (χ0n) is 17.9. The number of nitrogens with one attached hydrogen (secondary N) is 1. The molecule has 8 heteroatoms. The third-order valence-electron chi connectivity index (χ3n) is 4.52. The Balaban J connectivity index is 2.30.